The van der Waals surface area contributed by atoms with Gasteiger partial charge in [-0.1, -0.05) is 182 Å². The van der Waals surface area contributed by atoms with E-state index in [1.807, 2.05) is 0 Å². The van der Waals surface area contributed by atoms with Crippen LogP contribution in [0.4, 0.5) is 0 Å². The molecule has 0 atom stereocenters. The van der Waals surface area contributed by atoms with E-state index in [4.69, 9.17) is 0 Å². The van der Waals surface area contributed by atoms with E-state index >= 15 is 0 Å². The fourth-order valence-corrected chi connectivity index (χ4v) is 6.70. The van der Waals surface area contributed by atoms with E-state index in [1.165, 1.54) is 0 Å². The molecule has 1 N–H and O–H groups in total. The third kappa shape index (κ3) is 4.65. The molecule has 0 bridgehead atoms. The van der Waals surface area contributed by atoms with Gasteiger partial charge in [0.2, 0.25) is 0 Å². The van der Waals surface area contributed by atoms with Crippen LogP contribution in [0.5, 0.6) is 0 Å². The monoisotopic (exact) mass is 545 g/mol. The van der Waals surface area contributed by atoms with E-state index in [2.05, 4.69) is 187 Å². The molecule has 0 unspecified atom stereocenters. The molecule has 0 saturated heterocycles. The van der Waals surface area contributed by atoms with Gasteiger partial charge in [0.25, 0.3) is 0 Å². The maximum atomic E-state index is 11.0. The summed E-state index contributed by atoms with van der Waals surface area (Å²) in [7, 11) is 0. The van der Waals surface area contributed by atoms with E-state index in [1.54, 1.807) is 0 Å². The Balaban J connectivity index is 1.85. The molecular formula is C40H35NO. The van der Waals surface area contributed by atoms with Gasteiger partial charge in [0.05, 0.1) is 17.7 Å². The fourth-order valence-electron chi connectivity index (χ4n) is 6.70. The summed E-state index contributed by atoms with van der Waals surface area (Å²) in [5.41, 5.74) is 5.20. The Hall–Kier alpha value is -4.76. The summed E-state index contributed by atoms with van der Waals surface area (Å²) in [4.78, 5) is 2.53. The minimum Gasteiger partial charge on any atom is -0.395 e. The van der Waals surface area contributed by atoms with Crippen LogP contribution in [0.2, 0.25) is 0 Å². The summed E-state index contributed by atoms with van der Waals surface area (Å²) < 4.78 is 0. The summed E-state index contributed by atoms with van der Waals surface area (Å²) in [6, 6.07) is 64.4. The van der Waals surface area contributed by atoms with Crippen molar-refractivity contribution >= 4 is 0 Å². The topological polar surface area (TPSA) is 23.5 Å². The van der Waals surface area contributed by atoms with Gasteiger partial charge in [-0.05, 0) is 33.4 Å². The second-order valence-corrected chi connectivity index (χ2v) is 10.5. The van der Waals surface area contributed by atoms with Crippen molar-refractivity contribution in [2.75, 3.05) is 13.2 Å². The first-order valence-electron chi connectivity index (χ1n) is 14.5. The molecule has 2 heteroatoms. The molecular weight excluding hydrogens is 510 g/mol. The smallest absolute Gasteiger partial charge is 0.0986 e. The van der Waals surface area contributed by atoms with Crippen LogP contribution >= 0.6 is 0 Å². The molecule has 0 heterocycles. The Bertz CT molecular complexity index is 1340. The molecule has 6 aromatic rings. The van der Waals surface area contributed by atoms with E-state index < -0.39 is 11.1 Å². The predicted octanol–water partition coefficient (Wildman–Crippen LogP) is 8.26. The van der Waals surface area contributed by atoms with Crippen molar-refractivity contribution in [1.82, 2.24) is 4.90 Å². The molecule has 2 nitrogen and oxygen atoms in total. The normalized spacial score (nSPS) is 11.9. The van der Waals surface area contributed by atoms with Crippen LogP contribution in [-0.4, -0.2) is 23.2 Å². The van der Waals surface area contributed by atoms with Crippen molar-refractivity contribution in [3.8, 4) is 0 Å². The molecule has 0 aliphatic carbocycles. The lowest BCUT2D eigenvalue weighted by molar-refractivity contribution is 0.0454. The number of hydrogen-bond acceptors (Lipinski definition) is 2. The maximum absolute atomic E-state index is 11.0. The van der Waals surface area contributed by atoms with E-state index in [0.717, 1.165) is 33.4 Å². The van der Waals surface area contributed by atoms with Crippen LogP contribution in [0, 0.1) is 0 Å². The largest absolute Gasteiger partial charge is 0.395 e. The number of hydrogen-bond donors (Lipinski definition) is 1. The third-order valence-electron chi connectivity index (χ3n) is 8.28. The minimum atomic E-state index is -0.784. The SMILES string of the molecule is OCCN(C(c1ccccc1)(c1ccccc1)c1ccccc1)C(c1ccccc1)(c1ccccc1)c1ccccc1. The Kier molecular flexibility index (Phi) is 8.09. The first-order chi connectivity index (χ1) is 20.8. The van der Waals surface area contributed by atoms with Gasteiger partial charge in [-0.2, -0.15) is 0 Å². The summed E-state index contributed by atoms with van der Waals surface area (Å²) >= 11 is 0. The van der Waals surface area contributed by atoms with E-state index in [9.17, 15) is 5.11 Å². The summed E-state index contributed by atoms with van der Waals surface area (Å²) in [5, 5.41) is 11.0. The van der Waals surface area contributed by atoms with Crippen molar-refractivity contribution in [3.05, 3.63) is 215 Å². The second-order valence-electron chi connectivity index (χ2n) is 10.5. The Labute approximate surface area is 249 Å². The van der Waals surface area contributed by atoms with Gasteiger partial charge in [-0.3, -0.25) is 4.90 Å². The molecule has 0 radical (unpaired) electrons. The van der Waals surface area contributed by atoms with Gasteiger partial charge in [0.15, 0.2) is 0 Å². The highest BCUT2D eigenvalue weighted by Gasteiger charge is 2.53. The van der Waals surface area contributed by atoms with Gasteiger partial charge in [-0.15, -0.1) is 0 Å². The standard InChI is InChI=1S/C40H35NO/c42-32-31-41(39(33-19-7-1-8-20-33,34-21-9-2-10-22-34)35-23-11-3-12-24-35)40(36-25-13-4-14-26-36,37-27-15-5-16-28-37)38-29-17-6-18-30-38/h1-30,42H,31-32H2. The van der Waals surface area contributed by atoms with E-state index in [-0.39, 0.29) is 6.61 Å². The number of nitrogens with zero attached hydrogens (tertiary/aromatic N) is 1. The van der Waals surface area contributed by atoms with Gasteiger partial charge in [0, 0.05) is 6.54 Å². The lowest BCUT2D eigenvalue weighted by Gasteiger charge is -2.56. The summed E-state index contributed by atoms with van der Waals surface area (Å²) in [6.45, 7) is 0.375. The van der Waals surface area contributed by atoms with Crippen LogP contribution in [-0.2, 0) is 11.1 Å². The molecule has 0 saturated carbocycles. The molecule has 0 aromatic heterocycles. The van der Waals surface area contributed by atoms with Gasteiger partial charge < -0.3 is 5.11 Å². The van der Waals surface area contributed by atoms with Crippen molar-refractivity contribution in [2.24, 2.45) is 0 Å². The molecule has 6 rings (SSSR count). The molecule has 206 valence electrons. The zero-order valence-electron chi connectivity index (χ0n) is 23.6. The van der Waals surface area contributed by atoms with Crippen LogP contribution < -0.4 is 0 Å². The average molecular weight is 546 g/mol. The zero-order valence-corrected chi connectivity index (χ0v) is 23.6. The molecule has 0 fully saturated rings. The lowest BCUT2D eigenvalue weighted by Crippen LogP contribution is -2.60. The Morgan fingerprint density at radius 3 is 0.690 bits per heavy atom. The van der Waals surface area contributed by atoms with Gasteiger partial charge in [-0.25, -0.2) is 0 Å². The van der Waals surface area contributed by atoms with Crippen LogP contribution in [0.15, 0.2) is 182 Å². The lowest BCUT2D eigenvalue weighted by atomic mass is 9.68. The highest BCUT2D eigenvalue weighted by atomic mass is 16.3. The number of rotatable bonds is 10. The minimum absolute atomic E-state index is 0.0253. The number of aliphatic hydroxyl groups is 1. The molecule has 6 aromatic carbocycles. The molecule has 42 heavy (non-hydrogen) atoms. The molecule has 0 aliphatic heterocycles. The average Bonchev–Trinajstić information content (AvgIpc) is 3.08. The zero-order chi connectivity index (χ0) is 28.7. The van der Waals surface area contributed by atoms with Gasteiger partial charge >= 0.3 is 0 Å². The maximum Gasteiger partial charge on any atom is 0.0986 e. The van der Waals surface area contributed by atoms with Crippen molar-refractivity contribution < 1.29 is 5.11 Å². The predicted molar refractivity (Wildman–Crippen MR) is 172 cm³/mol. The number of aliphatic hydroxyl groups excluding tert-OH is 1. The molecule has 0 spiro atoms. The quantitative estimate of drug-likeness (QED) is 0.175. The van der Waals surface area contributed by atoms with Crippen LogP contribution in [0.25, 0.3) is 0 Å². The highest BCUT2D eigenvalue weighted by Crippen LogP contribution is 2.53. The second kappa shape index (κ2) is 12.4. The van der Waals surface area contributed by atoms with Crippen LogP contribution in [0.3, 0.4) is 0 Å². The summed E-state index contributed by atoms with van der Waals surface area (Å²) in [5.74, 6) is 0. The van der Waals surface area contributed by atoms with Crippen molar-refractivity contribution in [3.63, 3.8) is 0 Å². The fraction of sp³-hybridized carbons (Fsp3) is 0.100. The van der Waals surface area contributed by atoms with Crippen molar-refractivity contribution in [1.29, 1.82) is 0 Å². The first kappa shape index (κ1) is 27.4. The van der Waals surface area contributed by atoms with E-state index in [0.29, 0.717) is 6.54 Å². The first-order valence-corrected chi connectivity index (χ1v) is 14.5. The Morgan fingerprint density at radius 1 is 0.333 bits per heavy atom. The highest BCUT2D eigenvalue weighted by molar-refractivity contribution is 5.56. The molecule has 0 amide bonds. The van der Waals surface area contributed by atoms with Crippen LogP contribution in [0.1, 0.15) is 33.4 Å². The number of benzene rings is 6. The van der Waals surface area contributed by atoms with Crippen molar-refractivity contribution in [2.45, 2.75) is 11.1 Å². The third-order valence-corrected chi connectivity index (χ3v) is 8.28. The van der Waals surface area contributed by atoms with Gasteiger partial charge in [0.1, 0.15) is 0 Å². The summed E-state index contributed by atoms with van der Waals surface area (Å²) in [6.07, 6.45) is 0. The Morgan fingerprint density at radius 2 is 0.524 bits per heavy atom. The molecule has 0 aliphatic rings.